The van der Waals surface area contributed by atoms with Crippen LogP contribution in [-0.2, 0) is 6.54 Å². The fraction of sp³-hybridized carbons (Fsp3) is 0.789. The molecule has 5 nitrogen and oxygen atoms in total. The Bertz CT molecular complexity index is 607. The van der Waals surface area contributed by atoms with Crippen LogP contribution in [0.4, 0.5) is 0 Å². The van der Waals surface area contributed by atoms with Crippen molar-refractivity contribution >= 4 is 53.0 Å². The molecule has 1 saturated carbocycles. The van der Waals surface area contributed by atoms with E-state index in [1.807, 2.05) is 0 Å². The Kier molecular flexibility index (Phi) is 9.64. The third kappa shape index (κ3) is 6.21. The molecule has 1 aliphatic carbocycles. The van der Waals surface area contributed by atoms with Crippen LogP contribution in [0.25, 0.3) is 0 Å². The Morgan fingerprint density at radius 3 is 2.48 bits per heavy atom. The van der Waals surface area contributed by atoms with Crippen molar-refractivity contribution in [1.29, 1.82) is 0 Å². The van der Waals surface area contributed by atoms with Crippen LogP contribution < -0.4 is 10.6 Å². The number of thiazole rings is 1. The molecule has 27 heavy (non-hydrogen) atoms. The average Bonchev–Trinajstić information content (AvgIpc) is 3.25. The average molecular weight is 524 g/mol. The SMILES string of the molecule is CCNC(=NCc1sc(C)nc1C)NCC1(N2CCSCC2)CCCC1.I. The number of thioether (sulfide) groups is 1. The number of halogens is 1. The van der Waals surface area contributed by atoms with E-state index in [0.29, 0.717) is 12.1 Å². The molecule has 2 aliphatic rings. The largest absolute Gasteiger partial charge is 0.357 e. The maximum Gasteiger partial charge on any atom is 0.191 e. The van der Waals surface area contributed by atoms with Crippen molar-refractivity contribution < 1.29 is 0 Å². The van der Waals surface area contributed by atoms with Crippen molar-refractivity contribution in [2.45, 2.75) is 58.5 Å². The quantitative estimate of drug-likeness (QED) is 0.338. The number of nitrogens with one attached hydrogen (secondary N) is 2. The van der Waals surface area contributed by atoms with Gasteiger partial charge < -0.3 is 10.6 Å². The van der Waals surface area contributed by atoms with E-state index in [9.17, 15) is 0 Å². The van der Waals surface area contributed by atoms with Gasteiger partial charge in [0.25, 0.3) is 0 Å². The molecule has 0 radical (unpaired) electrons. The smallest absolute Gasteiger partial charge is 0.191 e. The van der Waals surface area contributed by atoms with E-state index in [2.05, 4.69) is 53.1 Å². The monoisotopic (exact) mass is 523 g/mol. The number of aryl methyl sites for hydroxylation is 2. The second-order valence-corrected chi connectivity index (χ2v) is 9.83. The molecule has 0 bridgehead atoms. The number of hydrogen-bond donors (Lipinski definition) is 2. The van der Waals surface area contributed by atoms with Gasteiger partial charge in [-0.3, -0.25) is 4.90 Å². The summed E-state index contributed by atoms with van der Waals surface area (Å²) >= 11 is 3.85. The minimum atomic E-state index is 0. The fourth-order valence-corrected chi connectivity index (χ4v) is 5.90. The molecule has 0 spiro atoms. The van der Waals surface area contributed by atoms with Gasteiger partial charge in [0.15, 0.2) is 5.96 Å². The van der Waals surface area contributed by atoms with Crippen LogP contribution in [0, 0.1) is 13.8 Å². The predicted molar refractivity (Wildman–Crippen MR) is 130 cm³/mol. The second kappa shape index (κ2) is 11.2. The highest BCUT2D eigenvalue weighted by Crippen LogP contribution is 2.36. The van der Waals surface area contributed by atoms with Crippen LogP contribution in [-0.4, -0.2) is 59.1 Å². The molecule has 8 heteroatoms. The lowest BCUT2D eigenvalue weighted by Crippen LogP contribution is -2.57. The van der Waals surface area contributed by atoms with E-state index in [1.165, 1.54) is 55.2 Å². The number of hydrogen-bond acceptors (Lipinski definition) is 5. The highest BCUT2D eigenvalue weighted by Gasteiger charge is 2.39. The zero-order chi connectivity index (χ0) is 18.4. The van der Waals surface area contributed by atoms with Crippen molar-refractivity contribution in [3.05, 3.63) is 15.6 Å². The third-order valence-corrected chi connectivity index (χ3v) is 7.53. The molecule has 0 unspecified atom stereocenters. The number of aromatic nitrogens is 1. The van der Waals surface area contributed by atoms with Crippen molar-refractivity contribution in [2.24, 2.45) is 4.99 Å². The van der Waals surface area contributed by atoms with E-state index >= 15 is 0 Å². The molecule has 3 rings (SSSR count). The first kappa shape index (κ1) is 23.2. The third-order valence-electron chi connectivity index (χ3n) is 5.53. The van der Waals surface area contributed by atoms with E-state index in [1.54, 1.807) is 11.3 Å². The minimum Gasteiger partial charge on any atom is -0.357 e. The number of rotatable bonds is 6. The van der Waals surface area contributed by atoms with Crippen molar-refractivity contribution in [2.75, 3.05) is 37.7 Å². The maximum absolute atomic E-state index is 4.84. The van der Waals surface area contributed by atoms with Crippen molar-refractivity contribution in [3.63, 3.8) is 0 Å². The highest BCUT2D eigenvalue weighted by atomic mass is 127. The lowest BCUT2D eigenvalue weighted by Gasteiger charge is -2.43. The lowest BCUT2D eigenvalue weighted by atomic mass is 9.94. The summed E-state index contributed by atoms with van der Waals surface area (Å²) in [5.74, 6) is 3.50. The van der Waals surface area contributed by atoms with Gasteiger partial charge in [-0.25, -0.2) is 9.98 Å². The Labute approximate surface area is 189 Å². The van der Waals surface area contributed by atoms with Gasteiger partial charge in [0, 0.05) is 48.1 Å². The van der Waals surface area contributed by atoms with Gasteiger partial charge in [0.05, 0.1) is 17.2 Å². The Balaban J connectivity index is 0.00000261. The second-order valence-electron chi connectivity index (χ2n) is 7.32. The summed E-state index contributed by atoms with van der Waals surface area (Å²) in [5, 5.41) is 8.22. The summed E-state index contributed by atoms with van der Waals surface area (Å²) in [4.78, 5) is 13.4. The number of guanidine groups is 1. The standard InChI is InChI=1S/C19H33N5S2.HI/c1-4-20-18(21-13-17-15(2)23-16(3)26-17)22-14-19(7-5-6-8-19)24-9-11-25-12-10-24;/h4-14H2,1-3H3,(H2,20,21,22);1H. The van der Waals surface area contributed by atoms with Crippen LogP contribution in [0.3, 0.4) is 0 Å². The van der Waals surface area contributed by atoms with Crippen LogP contribution in [0.1, 0.15) is 48.2 Å². The molecule has 154 valence electrons. The molecule has 0 atom stereocenters. The molecule has 2 fully saturated rings. The highest BCUT2D eigenvalue weighted by molar-refractivity contribution is 14.0. The summed E-state index contributed by atoms with van der Waals surface area (Å²) in [6, 6.07) is 0. The van der Waals surface area contributed by atoms with Gasteiger partial charge in [-0.1, -0.05) is 12.8 Å². The molecule has 2 N–H and O–H groups in total. The first-order chi connectivity index (χ1) is 12.6. The van der Waals surface area contributed by atoms with E-state index in [0.717, 1.165) is 29.8 Å². The molecular formula is C19H34IN5S2. The minimum absolute atomic E-state index is 0. The van der Waals surface area contributed by atoms with Crippen molar-refractivity contribution in [3.8, 4) is 0 Å². The summed E-state index contributed by atoms with van der Waals surface area (Å²) in [5.41, 5.74) is 1.44. The van der Waals surface area contributed by atoms with Gasteiger partial charge >= 0.3 is 0 Å². The fourth-order valence-electron chi connectivity index (χ4n) is 4.14. The first-order valence-electron chi connectivity index (χ1n) is 9.91. The van der Waals surface area contributed by atoms with Crippen LogP contribution in [0.5, 0.6) is 0 Å². The molecule has 2 heterocycles. The number of nitrogens with zero attached hydrogens (tertiary/aromatic N) is 3. The molecule has 1 aliphatic heterocycles. The summed E-state index contributed by atoms with van der Waals surface area (Å²) < 4.78 is 0. The van der Waals surface area contributed by atoms with E-state index in [4.69, 9.17) is 4.99 Å². The lowest BCUT2D eigenvalue weighted by molar-refractivity contribution is 0.107. The summed E-state index contributed by atoms with van der Waals surface area (Å²) in [6.45, 7) is 11.3. The predicted octanol–water partition coefficient (Wildman–Crippen LogP) is 3.79. The van der Waals surface area contributed by atoms with Crippen LogP contribution in [0.15, 0.2) is 4.99 Å². The van der Waals surface area contributed by atoms with Gasteiger partial charge in [-0.05, 0) is 33.6 Å². The first-order valence-corrected chi connectivity index (χ1v) is 11.9. The maximum atomic E-state index is 4.84. The Morgan fingerprint density at radius 2 is 1.89 bits per heavy atom. The Morgan fingerprint density at radius 1 is 1.19 bits per heavy atom. The molecule has 1 aromatic rings. The van der Waals surface area contributed by atoms with Gasteiger partial charge in [0.1, 0.15) is 0 Å². The topological polar surface area (TPSA) is 52.6 Å². The summed E-state index contributed by atoms with van der Waals surface area (Å²) in [7, 11) is 0. The zero-order valence-corrected chi connectivity index (χ0v) is 20.8. The van der Waals surface area contributed by atoms with E-state index < -0.39 is 0 Å². The molecule has 0 aromatic carbocycles. The molecule has 1 saturated heterocycles. The molecule has 1 aromatic heterocycles. The van der Waals surface area contributed by atoms with Crippen molar-refractivity contribution in [1.82, 2.24) is 20.5 Å². The Hall–Kier alpha value is -0.0600. The molecule has 0 amide bonds. The van der Waals surface area contributed by atoms with Crippen LogP contribution in [0.2, 0.25) is 0 Å². The van der Waals surface area contributed by atoms with Gasteiger partial charge in [-0.2, -0.15) is 11.8 Å². The number of aliphatic imine (C=N–C) groups is 1. The van der Waals surface area contributed by atoms with Gasteiger partial charge in [0.2, 0.25) is 0 Å². The summed E-state index contributed by atoms with van der Waals surface area (Å²) in [6.07, 6.45) is 5.35. The van der Waals surface area contributed by atoms with Crippen LogP contribution >= 0.6 is 47.1 Å². The zero-order valence-electron chi connectivity index (χ0n) is 16.8. The normalized spacial score (nSPS) is 20.3. The molecular weight excluding hydrogens is 489 g/mol. The van der Waals surface area contributed by atoms with Gasteiger partial charge in [-0.15, -0.1) is 35.3 Å². The van der Waals surface area contributed by atoms with E-state index in [-0.39, 0.29) is 24.0 Å².